The Morgan fingerprint density at radius 2 is 2.13 bits per heavy atom. The molecule has 1 atom stereocenters. The zero-order chi connectivity index (χ0) is 16.0. The third-order valence-electron chi connectivity index (χ3n) is 4.90. The number of hydrogen-bond donors (Lipinski definition) is 1. The number of hydrogen-bond acceptors (Lipinski definition) is 4. The van der Waals surface area contributed by atoms with E-state index in [1.807, 2.05) is 32.0 Å². The predicted molar refractivity (Wildman–Crippen MR) is 86.4 cm³/mol. The summed E-state index contributed by atoms with van der Waals surface area (Å²) >= 11 is 0. The lowest BCUT2D eigenvalue weighted by Crippen LogP contribution is -2.39. The molecule has 1 aliphatic heterocycles. The third kappa shape index (κ3) is 2.50. The van der Waals surface area contributed by atoms with Crippen LogP contribution in [0.15, 0.2) is 22.7 Å². The third-order valence-corrected chi connectivity index (χ3v) is 4.90. The molecule has 1 saturated carbocycles. The van der Waals surface area contributed by atoms with E-state index in [-0.39, 0.29) is 12.0 Å². The van der Waals surface area contributed by atoms with E-state index in [2.05, 4.69) is 10.5 Å². The predicted octanol–water partition coefficient (Wildman–Crippen LogP) is 3.85. The topological polar surface area (TPSA) is 64.4 Å². The molecule has 2 heterocycles. The molecule has 23 heavy (non-hydrogen) atoms. The van der Waals surface area contributed by atoms with Crippen LogP contribution in [0.2, 0.25) is 0 Å². The molecular weight excluding hydrogens is 292 g/mol. The quantitative estimate of drug-likeness (QED) is 0.935. The lowest BCUT2D eigenvalue weighted by molar-refractivity contribution is -0.124. The van der Waals surface area contributed by atoms with Crippen LogP contribution < -0.4 is 10.1 Å². The molecule has 1 fully saturated rings. The highest BCUT2D eigenvalue weighted by Gasteiger charge is 2.32. The Morgan fingerprint density at radius 3 is 2.78 bits per heavy atom. The SMILES string of the molecule is Cc1noc(C)c1-c1ccc2c(c1)OC(CC1CCC1)C(=O)N2. The number of nitrogens with one attached hydrogen (secondary N) is 1. The van der Waals surface area contributed by atoms with Crippen LogP contribution >= 0.6 is 0 Å². The molecule has 0 radical (unpaired) electrons. The second-order valence-corrected chi connectivity index (χ2v) is 6.54. The van der Waals surface area contributed by atoms with Gasteiger partial charge in [0.05, 0.1) is 11.4 Å². The summed E-state index contributed by atoms with van der Waals surface area (Å²) in [7, 11) is 0. The lowest BCUT2D eigenvalue weighted by atomic mass is 9.81. The van der Waals surface area contributed by atoms with Gasteiger partial charge in [-0.25, -0.2) is 0 Å². The number of fused-ring (bicyclic) bond motifs is 1. The van der Waals surface area contributed by atoms with Gasteiger partial charge in [0.1, 0.15) is 11.5 Å². The van der Waals surface area contributed by atoms with Crippen molar-refractivity contribution in [1.82, 2.24) is 5.16 Å². The summed E-state index contributed by atoms with van der Waals surface area (Å²) in [5.41, 5.74) is 3.58. The molecule has 0 bridgehead atoms. The van der Waals surface area contributed by atoms with Crippen LogP contribution in [0.1, 0.15) is 37.1 Å². The highest BCUT2D eigenvalue weighted by molar-refractivity contribution is 5.98. The standard InChI is InChI=1S/C18H20N2O3/c1-10-17(11(2)23-20-10)13-6-7-14-15(9-13)22-16(18(21)19-14)8-12-4-3-5-12/h6-7,9,12,16H,3-5,8H2,1-2H3,(H,19,21). The van der Waals surface area contributed by atoms with Crippen molar-refractivity contribution < 1.29 is 14.1 Å². The Hall–Kier alpha value is -2.30. The number of aromatic nitrogens is 1. The van der Waals surface area contributed by atoms with E-state index >= 15 is 0 Å². The number of benzene rings is 1. The summed E-state index contributed by atoms with van der Waals surface area (Å²) in [6.07, 6.45) is 4.11. The fraction of sp³-hybridized carbons (Fsp3) is 0.444. The molecule has 5 heteroatoms. The van der Waals surface area contributed by atoms with E-state index in [1.165, 1.54) is 19.3 Å². The van der Waals surface area contributed by atoms with Gasteiger partial charge in [-0.2, -0.15) is 0 Å². The monoisotopic (exact) mass is 312 g/mol. The average molecular weight is 312 g/mol. The van der Waals surface area contributed by atoms with Crippen molar-refractivity contribution in [2.24, 2.45) is 5.92 Å². The van der Waals surface area contributed by atoms with Crippen LogP contribution in [-0.4, -0.2) is 17.2 Å². The number of carbonyl (C=O) groups excluding carboxylic acids is 1. The number of carbonyl (C=O) groups is 1. The smallest absolute Gasteiger partial charge is 0.265 e. The Morgan fingerprint density at radius 1 is 1.30 bits per heavy atom. The van der Waals surface area contributed by atoms with Crippen molar-refractivity contribution in [1.29, 1.82) is 0 Å². The van der Waals surface area contributed by atoms with Crippen molar-refractivity contribution in [3.63, 3.8) is 0 Å². The summed E-state index contributed by atoms with van der Waals surface area (Å²) in [4.78, 5) is 12.2. The number of nitrogens with zero attached hydrogens (tertiary/aromatic N) is 1. The minimum absolute atomic E-state index is 0.0329. The van der Waals surface area contributed by atoms with Crippen LogP contribution in [0.5, 0.6) is 5.75 Å². The van der Waals surface area contributed by atoms with E-state index in [4.69, 9.17) is 9.26 Å². The molecule has 1 aromatic carbocycles. The van der Waals surface area contributed by atoms with Crippen LogP contribution in [0.25, 0.3) is 11.1 Å². The van der Waals surface area contributed by atoms with Gasteiger partial charge in [-0.15, -0.1) is 0 Å². The summed E-state index contributed by atoms with van der Waals surface area (Å²) in [6.45, 7) is 3.82. The van der Waals surface area contributed by atoms with Gasteiger partial charge in [-0.1, -0.05) is 30.5 Å². The molecule has 2 aliphatic rings. The van der Waals surface area contributed by atoms with Crippen molar-refractivity contribution >= 4 is 11.6 Å². The number of ether oxygens (including phenoxy) is 1. The molecule has 4 rings (SSSR count). The maximum absolute atomic E-state index is 12.2. The van der Waals surface area contributed by atoms with E-state index < -0.39 is 0 Å². The highest BCUT2D eigenvalue weighted by atomic mass is 16.5. The normalized spacial score (nSPS) is 20.4. The summed E-state index contributed by atoms with van der Waals surface area (Å²) < 4.78 is 11.3. The van der Waals surface area contributed by atoms with Gasteiger partial charge in [0.25, 0.3) is 5.91 Å². The van der Waals surface area contributed by atoms with Gasteiger partial charge in [0, 0.05) is 5.56 Å². The van der Waals surface area contributed by atoms with E-state index in [0.717, 1.165) is 40.4 Å². The molecule has 1 aliphatic carbocycles. The first-order chi connectivity index (χ1) is 11.1. The van der Waals surface area contributed by atoms with Crippen molar-refractivity contribution in [3.8, 4) is 16.9 Å². The molecule has 120 valence electrons. The van der Waals surface area contributed by atoms with E-state index in [9.17, 15) is 4.79 Å². The molecule has 0 spiro atoms. The van der Waals surface area contributed by atoms with Gasteiger partial charge in [-0.3, -0.25) is 4.79 Å². The first kappa shape index (κ1) is 14.3. The zero-order valence-corrected chi connectivity index (χ0v) is 13.4. The number of rotatable bonds is 3. The van der Waals surface area contributed by atoms with Gasteiger partial charge < -0.3 is 14.6 Å². The average Bonchev–Trinajstić information content (AvgIpc) is 2.82. The highest BCUT2D eigenvalue weighted by Crippen LogP contribution is 2.38. The molecule has 2 aromatic rings. The van der Waals surface area contributed by atoms with Crippen LogP contribution in [0, 0.1) is 19.8 Å². The van der Waals surface area contributed by atoms with Gasteiger partial charge in [0.15, 0.2) is 6.10 Å². The number of amides is 1. The maximum atomic E-state index is 12.2. The molecular formula is C18H20N2O3. The Balaban J connectivity index is 1.63. The van der Waals surface area contributed by atoms with Gasteiger partial charge in [-0.05, 0) is 43.9 Å². The van der Waals surface area contributed by atoms with Crippen LogP contribution in [0.3, 0.4) is 0 Å². The van der Waals surface area contributed by atoms with Gasteiger partial charge >= 0.3 is 0 Å². The van der Waals surface area contributed by atoms with Crippen LogP contribution in [0.4, 0.5) is 5.69 Å². The fourth-order valence-corrected chi connectivity index (χ4v) is 3.38. The number of aryl methyl sites for hydroxylation is 2. The molecule has 1 unspecified atom stereocenters. The second kappa shape index (κ2) is 5.41. The molecule has 5 nitrogen and oxygen atoms in total. The Kier molecular flexibility index (Phi) is 3.36. The van der Waals surface area contributed by atoms with Crippen molar-refractivity contribution in [3.05, 3.63) is 29.7 Å². The second-order valence-electron chi connectivity index (χ2n) is 6.54. The minimum atomic E-state index is -0.382. The van der Waals surface area contributed by atoms with Crippen molar-refractivity contribution in [2.45, 2.75) is 45.6 Å². The minimum Gasteiger partial charge on any atom is -0.478 e. The number of anilines is 1. The van der Waals surface area contributed by atoms with E-state index in [0.29, 0.717) is 5.92 Å². The Labute approximate surface area is 135 Å². The molecule has 0 saturated heterocycles. The summed E-state index contributed by atoms with van der Waals surface area (Å²) in [5.74, 6) is 2.10. The molecule has 1 N–H and O–H groups in total. The lowest BCUT2D eigenvalue weighted by Gasteiger charge is -2.32. The molecule has 1 amide bonds. The fourth-order valence-electron chi connectivity index (χ4n) is 3.38. The maximum Gasteiger partial charge on any atom is 0.265 e. The van der Waals surface area contributed by atoms with E-state index in [1.54, 1.807) is 0 Å². The molecule has 1 aromatic heterocycles. The summed E-state index contributed by atoms with van der Waals surface area (Å²) in [6, 6.07) is 5.81. The largest absolute Gasteiger partial charge is 0.478 e. The first-order valence-electron chi connectivity index (χ1n) is 8.16. The van der Waals surface area contributed by atoms with Crippen LogP contribution in [-0.2, 0) is 4.79 Å². The zero-order valence-electron chi connectivity index (χ0n) is 13.4. The van der Waals surface area contributed by atoms with Gasteiger partial charge in [0.2, 0.25) is 0 Å². The summed E-state index contributed by atoms with van der Waals surface area (Å²) in [5, 5.41) is 6.97. The first-order valence-corrected chi connectivity index (χ1v) is 8.16. The Bertz CT molecular complexity index is 742. The van der Waals surface area contributed by atoms with Crippen molar-refractivity contribution in [2.75, 3.05) is 5.32 Å².